The maximum Gasteiger partial charge on any atom is 0.242 e. The predicted molar refractivity (Wildman–Crippen MR) is 92.0 cm³/mol. The highest BCUT2D eigenvalue weighted by molar-refractivity contribution is 7.89. The van der Waals surface area contributed by atoms with Crippen molar-refractivity contribution in [3.05, 3.63) is 29.3 Å². The molecule has 1 N–H and O–H groups in total. The predicted octanol–water partition coefficient (Wildman–Crippen LogP) is 1.06. The Morgan fingerprint density at radius 1 is 1.21 bits per heavy atom. The van der Waals surface area contributed by atoms with Crippen LogP contribution in [-0.4, -0.2) is 59.7 Å². The molecule has 1 aliphatic rings. The van der Waals surface area contributed by atoms with Crippen LogP contribution >= 0.6 is 11.6 Å². The molecule has 0 bridgehead atoms. The Kier molecular flexibility index (Phi) is 5.94. The van der Waals surface area contributed by atoms with E-state index in [9.17, 15) is 16.8 Å². The summed E-state index contributed by atoms with van der Waals surface area (Å²) in [6.45, 7) is 0.635. The minimum Gasteiger partial charge on any atom is -0.377 e. The highest BCUT2D eigenvalue weighted by Crippen LogP contribution is 2.27. The average molecular weight is 397 g/mol. The molecule has 0 unspecified atom stereocenters. The number of sulfonamides is 2. The molecule has 10 heteroatoms. The first-order chi connectivity index (χ1) is 11.1. The van der Waals surface area contributed by atoms with E-state index in [1.54, 1.807) is 12.1 Å². The van der Waals surface area contributed by atoms with Crippen molar-refractivity contribution in [3.63, 3.8) is 0 Å². The second-order valence-corrected chi connectivity index (χ2v) is 9.93. The molecule has 0 spiro atoms. The topological polar surface area (TPSA) is 92.8 Å². The smallest absolute Gasteiger partial charge is 0.242 e. The van der Waals surface area contributed by atoms with Gasteiger partial charge in [0.2, 0.25) is 20.0 Å². The van der Waals surface area contributed by atoms with E-state index in [2.05, 4.69) is 4.72 Å². The van der Waals surface area contributed by atoms with Gasteiger partial charge in [0.05, 0.1) is 16.9 Å². The standard InChI is InChI=1S/C14H21ClN2O5S2/c1-22-14(7-9-17(10-8-14)23(2,18)19)11-16-24(20,21)13-6-4-3-5-12(13)15/h3-6,16H,7-11H2,1-2H3. The van der Waals surface area contributed by atoms with Gasteiger partial charge in [-0.3, -0.25) is 0 Å². The Morgan fingerprint density at radius 2 is 1.79 bits per heavy atom. The van der Waals surface area contributed by atoms with Gasteiger partial charge in [0.15, 0.2) is 0 Å². The number of piperidine rings is 1. The maximum absolute atomic E-state index is 12.4. The Balaban J connectivity index is 2.08. The van der Waals surface area contributed by atoms with Gasteiger partial charge in [-0.05, 0) is 25.0 Å². The Labute approximate surface area is 148 Å². The Morgan fingerprint density at radius 3 is 2.29 bits per heavy atom. The normalized spacial score (nSPS) is 19.3. The molecule has 1 fully saturated rings. The van der Waals surface area contributed by atoms with Gasteiger partial charge in [-0.2, -0.15) is 0 Å². The molecule has 1 aliphatic heterocycles. The first kappa shape index (κ1) is 19.6. The van der Waals surface area contributed by atoms with Crippen LogP contribution in [0.4, 0.5) is 0 Å². The molecule has 136 valence electrons. The van der Waals surface area contributed by atoms with Crippen LogP contribution in [-0.2, 0) is 24.8 Å². The number of nitrogens with zero attached hydrogens (tertiary/aromatic N) is 1. The summed E-state index contributed by atoms with van der Waals surface area (Å²) in [5.74, 6) is 0. The first-order valence-electron chi connectivity index (χ1n) is 7.34. The lowest BCUT2D eigenvalue weighted by atomic mass is 9.92. The highest BCUT2D eigenvalue weighted by Gasteiger charge is 2.38. The van der Waals surface area contributed by atoms with Crippen molar-refractivity contribution in [2.45, 2.75) is 23.3 Å². The number of hydrogen-bond acceptors (Lipinski definition) is 5. The van der Waals surface area contributed by atoms with Crippen LogP contribution in [0.1, 0.15) is 12.8 Å². The molecule has 0 aromatic heterocycles. The van der Waals surface area contributed by atoms with E-state index in [0.29, 0.717) is 25.9 Å². The quantitative estimate of drug-likeness (QED) is 0.776. The van der Waals surface area contributed by atoms with Crippen LogP contribution in [0, 0.1) is 0 Å². The van der Waals surface area contributed by atoms with Crippen molar-refractivity contribution in [1.82, 2.24) is 9.03 Å². The van der Waals surface area contributed by atoms with E-state index in [-0.39, 0.29) is 16.5 Å². The van der Waals surface area contributed by atoms with Crippen LogP contribution in [0.25, 0.3) is 0 Å². The third kappa shape index (κ3) is 4.47. The van der Waals surface area contributed by atoms with Gasteiger partial charge >= 0.3 is 0 Å². The molecule has 0 saturated carbocycles. The minimum atomic E-state index is -3.77. The van der Waals surface area contributed by atoms with E-state index in [1.807, 2.05) is 0 Å². The SMILES string of the molecule is COC1(CNS(=O)(=O)c2ccccc2Cl)CCN(S(C)(=O)=O)CC1. The zero-order chi connectivity index (χ0) is 18.0. The fraction of sp³-hybridized carbons (Fsp3) is 0.571. The maximum atomic E-state index is 12.4. The molecule has 7 nitrogen and oxygen atoms in total. The van der Waals surface area contributed by atoms with Gasteiger partial charge in [-0.15, -0.1) is 0 Å². The van der Waals surface area contributed by atoms with Crippen molar-refractivity contribution in [1.29, 1.82) is 0 Å². The van der Waals surface area contributed by atoms with Gasteiger partial charge in [0.25, 0.3) is 0 Å². The number of methoxy groups -OCH3 is 1. The summed E-state index contributed by atoms with van der Waals surface area (Å²) in [6, 6.07) is 6.18. The summed E-state index contributed by atoms with van der Waals surface area (Å²) in [6.07, 6.45) is 1.97. The fourth-order valence-electron chi connectivity index (χ4n) is 2.65. The van der Waals surface area contributed by atoms with Crippen LogP contribution < -0.4 is 4.72 Å². The number of halogens is 1. The molecule has 1 heterocycles. The summed E-state index contributed by atoms with van der Waals surface area (Å²) >= 11 is 5.94. The molecule has 1 aromatic rings. The highest BCUT2D eigenvalue weighted by atomic mass is 35.5. The zero-order valence-corrected chi connectivity index (χ0v) is 15.9. The monoisotopic (exact) mass is 396 g/mol. The molecule has 0 amide bonds. The summed E-state index contributed by atoms with van der Waals surface area (Å²) in [7, 11) is -5.53. The van der Waals surface area contributed by atoms with Crippen molar-refractivity contribution in [2.75, 3.05) is 33.0 Å². The Hall–Kier alpha value is -0.710. The van der Waals surface area contributed by atoms with Crippen LogP contribution in [0.5, 0.6) is 0 Å². The fourth-order valence-corrected chi connectivity index (χ4v) is 5.12. The molecule has 1 aromatic carbocycles. The molecular weight excluding hydrogens is 376 g/mol. The minimum absolute atomic E-state index is 0.00601. The molecule has 0 atom stereocenters. The summed E-state index contributed by atoms with van der Waals surface area (Å²) in [5.41, 5.74) is -0.741. The van der Waals surface area contributed by atoms with Crippen molar-refractivity contribution < 1.29 is 21.6 Å². The first-order valence-corrected chi connectivity index (χ1v) is 11.1. The van der Waals surface area contributed by atoms with E-state index in [1.165, 1.54) is 23.5 Å². The molecule has 0 radical (unpaired) electrons. The van der Waals surface area contributed by atoms with E-state index in [0.717, 1.165) is 6.26 Å². The van der Waals surface area contributed by atoms with Gasteiger partial charge in [0, 0.05) is 26.7 Å². The summed E-state index contributed by atoms with van der Waals surface area (Å²) in [5, 5.41) is 0.142. The van der Waals surface area contributed by atoms with Crippen LogP contribution in [0.3, 0.4) is 0 Å². The van der Waals surface area contributed by atoms with Gasteiger partial charge in [-0.25, -0.2) is 25.9 Å². The lowest BCUT2D eigenvalue weighted by Gasteiger charge is -2.39. The average Bonchev–Trinajstić information content (AvgIpc) is 2.53. The van der Waals surface area contributed by atoms with Gasteiger partial charge in [-0.1, -0.05) is 23.7 Å². The van der Waals surface area contributed by atoms with E-state index in [4.69, 9.17) is 16.3 Å². The van der Waals surface area contributed by atoms with E-state index < -0.39 is 25.6 Å². The van der Waals surface area contributed by atoms with Gasteiger partial charge in [0.1, 0.15) is 4.90 Å². The lowest BCUT2D eigenvalue weighted by Crippen LogP contribution is -2.52. The molecule has 2 rings (SSSR count). The number of rotatable bonds is 6. The second kappa shape index (κ2) is 7.27. The summed E-state index contributed by atoms with van der Waals surface area (Å²) in [4.78, 5) is 0.00601. The molecular formula is C14H21ClN2O5S2. The number of benzene rings is 1. The summed E-state index contributed by atoms with van der Waals surface area (Å²) < 4.78 is 57.4. The number of ether oxygens (including phenoxy) is 1. The van der Waals surface area contributed by atoms with Crippen LogP contribution in [0.2, 0.25) is 5.02 Å². The second-order valence-electron chi connectivity index (χ2n) is 5.80. The third-order valence-corrected chi connectivity index (χ3v) is 7.45. The zero-order valence-electron chi connectivity index (χ0n) is 13.5. The van der Waals surface area contributed by atoms with Crippen molar-refractivity contribution in [3.8, 4) is 0 Å². The number of hydrogen-bond donors (Lipinski definition) is 1. The Bertz CT molecular complexity index is 787. The number of nitrogens with one attached hydrogen (secondary N) is 1. The van der Waals surface area contributed by atoms with Crippen molar-refractivity contribution in [2.24, 2.45) is 0 Å². The molecule has 1 saturated heterocycles. The largest absolute Gasteiger partial charge is 0.377 e. The van der Waals surface area contributed by atoms with E-state index >= 15 is 0 Å². The van der Waals surface area contributed by atoms with Gasteiger partial charge < -0.3 is 4.74 Å². The molecule has 24 heavy (non-hydrogen) atoms. The lowest BCUT2D eigenvalue weighted by molar-refractivity contribution is -0.0401. The van der Waals surface area contributed by atoms with Crippen molar-refractivity contribution >= 4 is 31.6 Å². The van der Waals surface area contributed by atoms with Crippen LogP contribution in [0.15, 0.2) is 29.2 Å². The third-order valence-electron chi connectivity index (χ3n) is 4.25. The molecule has 0 aliphatic carbocycles.